The average Bonchev–Trinajstić information content (AvgIpc) is 2.86. The summed E-state index contributed by atoms with van der Waals surface area (Å²) in [6.45, 7) is 2.36. The Bertz CT molecular complexity index is 984. The SMILES string of the molecule is CC1CCC(C2CCC(c3cc(F)c(C4CCC(c5ccc(F)c(F)c5)CC4)c(F)c3)CC2)CC1. The summed E-state index contributed by atoms with van der Waals surface area (Å²) >= 11 is 0. The Balaban J connectivity index is 1.20. The third kappa shape index (κ3) is 5.47. The molecular formula is C31H38F4. The van der Waals surface area contributed by atoms with Gasteiger partial charge in [0.2, 0.25) is 0 Å². The highest BCUT2D eigenvalue weighted by Gasteiger charge is 2.32. The van der Waals surface area contributed by atoms with E-state index >= 15 is 8.78 Å². The van der Waals surface area contributed by atoms with Gasteiger partial charge in [-0.05, 0) is 135 Å². The molecule has 0 atom stereocenters. The van der Waals surface area contributed by atoms with Gasteiger partial charge >= 0.3 is 0 Å². The molecule has 5 rings (SSSR count). The predicted octanol–water partition coefficient (Wildman–Crippen LogP) is 9.78. The van der Waals surface area contributed by atoms with Crippen LogP contribution in [0.5, 0.6) is 0 Å². The second kappa shape index (κ2) is 10.6. The van der Waals surface area contributed by atoms with Crippen LogP contribution in [0.4, 0.5) is 17.6 Å². The summed E-state index contributed by atoms with van der Waals surface area (Å²) in [6.07, 6.45) is 12.6. The molecule has 0 heterocycles. The molecule has 0 radical (unpaired) electrons. The molecular weight excluding hydrogens is 448 g/mol. The molecule has 0 saturated heterocycles. The van der Waals surface area contributed by atoms with Crippen LogP contribution in [0.25, 0.3) is 0 Å². The maximum Gasteiger partial charge on any atom is 0.159 e. The average molecular weight is 487 g/mol. The minimum atomic E-state index is -0.844. The van der Waals surface area contributed by atoms with Crippen molar-refractivity contribution < 1.29 is 17.6 Å². The summed E-state index contributed by atoms with van der Waals surface area (Å²) in [6, 6.07) is 7.26. The summed E-state index contributed by atoms with van der Waals surface area (Å²) < 4.78 is 57.4. The molecule has 4 heteroatoms. The first kappa shape index (κ1) is 24.8. The van der Waals surface area contributed by atoms with Crippen molar-refractivity contribution in [2.45, 2.75) is 102 Å². The fourth-order valence-electron chi connectivity index (χ4n) is 7.39. The first-order valence-corrected chi connectivity index (χ1v) is 13.8. The summed E-state index contributed by atoms with van der Waals surface area (Å²) in [5, 5.41) is 0. The molecule has 0 unspecified atom stereocenters. The molecule has 3 aliphatic carbocycles. The number of hydrogen-bond donors (Lipinski definition) is 0. The van der Waals surface area contributed by atoms with Crippen LogP contribution in [0, 0.1) is 41.0 Å². The van der Waals surface area contributed by atoms with E-state index < -0.39 is 23.3 Å². The maximum absolute atomic E-state index is 15.2. The maximum atomic E-state index is 15.2. The summed E-state index contributed by atoms with van der Waals surface area (Å²) in [5.41, 5.74) is 1.83. The van der Waals surface area contributed by atoms with E-state index in [2.05, 4.69) is 6.92 Å². The van der Waals surface area contributed by atoms with Crippen molar-refractivity contribution >= 4 is 0 Å². The van der Waals surface area contributed by atoms with Crippen LogP contribution in [0.2, 0.25) is 0 Å². The molecule has 190 valence electrons. The molecule has 2 aromatic carbocycles. The molecule has 0 aliphatic heterocycles. The number of halogens is 4. The summed E-state index contributed by atoms with van der Waals surface area (Å²) in [7, 11) is 0. The zero-order valence-corrected chi connectivity index (χ0v) is 20.8. The van der Waals surface area contributed by atoms with Crippen molar-refractivity contribution in [2.24, 2.45) is 17.8 Å². The summed E-state index contributed by atoms with van der Waals surface area (Å²) in [5.74, 6) is 0.234. The lowest BCUT2D eigenvalue weighted by Crippen LogP contribution is -2.25. The van der Waals surface area contributed by atoms with Crippen LogP contribution in [0.3, 0.4) is 0 Å². The Morgan fingerprint density at radius 3 is 1.51 bits per heavy atom. The van der Waals surface area contributed by atoms with Gasteiger partial charge in [0.1, 0.15) is 11.6 Å². The molecule has 0 aromatic heterocycles. The molecule has 0 nitrogen and oxygen atoms in total. The molecule has 3 aliphatic rings. The topological polar surface area (TPSA) is 0 Å². The highest BCUT2D eigenvalue weighted by molar-refractivity contribution is 5.32. The predicted molar refractivity (Wildman–Crippen MR) is 132 cm³/mol. The van der Waals surface area contributed by atoms with Crippen LogP contribution < -0.4 is 0 Å². The lowest BCUT2D eigenvalue weighted by molar-refractivity contribution is 0.165. The van der Waals surface area contributed by atoms with Gasteiger partial charge in [-0.25, -0.2) is 17.6 Å². The zero-order valence-electron chi connectivity index (χ0n) is 20.8. The Labute approximate surface area is 207 Å². The van der Waals surface area contributed by atoms with Crippen molar-refractivity contribution in [3.8, 4) is 0 Å². The van der Waals surface area contributed by atoms with Crippen molar-refractivity contribution in [1.82, 2.24) is 0 Å². The van der Waals surface area contributed by atoms with Gasteiger partial charge in [-0.3, -0.25) is 0 Å². The van der Waals surface area contributed by atoms with Crippen LogP contribution in [-0.4, -0.2) is 0 Å². The van der Waals surface area contributed by atoms with E-state index in [1.165, 1.54) is 44.6 Å². The normalized spacial score (nSPS) is 31.9. The Kier molecular flexibility index (Phi) is 7.55. The van der Waals surface area contributed by atoms with Gasteiger partial charge in [-0.15, -0.1) is 0 Å². The van der Waals surface area contributed by atoms with Crippen LogP contribution >= 0.6 is 0 Å². The fourth-order valence-corrected chi connectivity index (χ4v) is 7.39. The highest BCUT2D eigenvalue weighted by Crippen LogP contribution is 2.46. The lowest BCUT2D eigenvalue weighted by Gasteiger charge is -2.37. The molecule has 0 bridgehead atoms. The lowest BCUT2D eigenvalue weighted by atomic mass is 9.68. The first-order valence-electron chi connectivity index (χ1n) is 13.8. The van der Waals surface area contributed by atoms with Gasteiger partial charge in [-0.2, -0.15) is 0 Å². The Morgan fingerprint density at radius 2 is 0.943 bits per heavy atom. The van der Waals surface area contributed by atoms with Crippen molar-refractivity contribution in [3.63, 3.8) is 0 Å². The standard InChI is InChI=1S/C31H38F4/c1-19-2-4-20(5-3-19)21-6-8-23(9-7-21)26-17-29(34)31(30(35)18-26)24-12-10-22(11-13-24)25-14-15-27(32)28(33)16-25/h14-24H,2-13H2,1H3. The molecule has 2 aromatic rings. The largest absolute Gasteiger partial charge is 0.207 e. The van der Waals surface area contributed by atoms with Gasteiger partial charge in [0.05, 0.1) is 0 Å². The third-order valence-electron chi connectivity index (χ3n) is 9.62. The second-order valence-corrected chi connectivity index (χ2v) is 11.8. The van der Waals surface area contributed by atoms with Gasteiger partial charge in [0, 0.05) is 5.56 Å². The Hall–Kier alpha value is -1.84. The minimum absolute atomic E-state index is 0.106. The third-order valence-corrected chi connectivity index (χ3v) is 9.62. The van der Waals surface area contributed by atoms with Crippen LogP contribution in [-0.2, 0) is 0 Å². The Morgan fingerprint density at radius 1 is 0.486 bits per heavy atom. The fraction of sp³-hybridized carbons (Fsp3) is 0.613. The summed E-state index contributed by atoms with van der Waals surface area (Å²) in [4.78, 5) is 0. The van der Waals surface area contributed by atoms with Crippen molar-refractivity contribution in [2.75, 3.05) is 0 Å². The quantitative estimate of drug-likeness (QED) is 0.377. The van der Waals surface area contributed by atoms with Crippen LogP contribution in [0.1, 0.15) is 118 Å². The molecule has 0 spiro atoms. The molecule has 0 amide bonds. The van der Waals surface area contributed by atoms with Crippen LogP contribution in [0.15, 0.2) is 30.3 Å². The number of hydrogen-bond acceptors (Lipinski definition) is 0. The number of benzene rings is 2. The van der Waals surface area contributed by atoms with Gasteiger partial charge < -0.3 is 0 Å². The van der Waals surface area contributed by atoms with Crippen molar-refractivity contribution in [3.05, 3.63) is 70.3 Å². The first-order chi connectivity index (χ1) is 16.9. The zero-order chi connectivity index (χ0) is 24.5. The minimum Gasteiger partial charge on any atom is -0.207 e. The molecule has 0 N–H and O–H groups in total. The van der Waals surface area contributed by atoms with E-state index in [9.17, 15) is 8.78 Å². The van der Waals surface area contributed by atoms with Gasteiger partial charge in [0.25, 0.3) is 0 Å². The van der Waals surface area contributed by atoms with E-state index in [-0.39, 0.29) is 23.3 Å². The van der Waals surface area contributed by atoms with Gasteiger partial charge in [-0.1, -0.05) is 25.8 Å². The van der Waals surface area contributed by atoms with E-state index in [0.717, 1.165) is 60.6 Å². The van der Waals surface area contributed by atoms with Gasteiger partial charge in [0.15, 0.2) is 11.6 Å². The van der Waals surface area contributed by atoms with E-state index in [0.29, 0.717) is 12.8 Å². The second-order valence-electron chi connectivity index (χ2n) is 11.8. The van der Waals surface area contributed by atoms with E-state index in [1.807, 2.05) is 0 Å². The highest BCUT2D eigenvalue weighted by atomic mass is 19.2. The van der Waals surface area contributed by atoms with E-state index in [1.54, 1.807) is 18.2 Å². The molecule has 35 heavy (non-hydrogen) atoms. The molecule has 3 saturated carbocycles. The molecule has 3 fully saturated rings. The smallest absolute Gasteiger partial charge is 0.159 e. The van der Waals surface area contributed by atoms with E-state index in [4.69, 9.17) is 0 Å². The monoisotopic (exact) mass is 486 g/mol. The van der Waals surface area contributed by atoms with Crippen molar-refractivity contribution in [1.29, 1.82) is 0 Å². The number of rotatable bonds is 4.